The molecule has 0 aliphatic carbocycles. The molecular formula is C25H33ClN2O. The Hall–Kier alpha value is -1.84. The van der Waals surface area contributed by atoms with Gasteiger partial charge in [0.1, 0.15) is 5.78 Å². The topological polar surface area (TPSA) is 41.1 Å². The third-order valence-electron chi connectivity index (χ3n) is 5.39. The van der Waals surface area contributed by atoms with Gasteiger partial charge < -0.3 is 10.6 Å². The average Bonchev–Trinajstić information content (AvgIpc) is 2.91. The van der Waals surface area contributed by atoms with Crippen LogP contribution in [0.25, 0.3) is 0 Å². The van der Waals surface area contributed by atoms with Crippen molar-refractivity contribution in [1.82, 2.24) is 5.32 Å². The number of benzene rings is 2. The van der Waals surface area contributed by atoms with E-state index in [-0.39, 0.29) is 5.41 Å². The zero-order chi connectivity index (χ0) is 20.9. The number of rotatable bonds is 7. The predicted molar refractivity (Wildman–Crippen MR) is 123 cm³/mol. The highest BCUT2D eigenvalue weighted by molar-refractivity contribution is 6.33. The third kappa shape index (κ3) is 6.58. The number of hydrogen-bond acceptors (Lipinski definition) is 3. The predicted octanol–water partition coefficient (Wildman–Crippen LogP) is 5.58. The Kier molecular flexibility index (Phi) is 7.37. The van der Waals surface area contributed by atoms with Crippen LogP contribution >= 0.6 is 11.6 Å². The first-order valence-corrected chi connectivity index (χ1v) is 11.0. The highest BCUT2D eigenvalue weighted by Crippen LogP contribution is 2.31. The van der Waals surface area contributed by atoms with E-state index in [0.717, 1.165) is 49.6 Å². The van der Waals surface area contributed by atoms with Crippen LogP contribution in [0.1, 0.15) is 55.9 Å². The van der Waals surface area contributed by atoms with Crippen LogP contribution in [0.3, 0.4) is 0 Å². The molecule has 0 amide bonds. The van der Waals surface area contributed by atoms with Crippen LogP contribution in [-0.2, 0) is 30.6 Å². The molecule has 29 heavy (non-hydrogen) atoms. The maximum absolute atomic E-state index is 12.1. The first kappa shape index (κ1) is 21.9. The van der Waals surface area contributed by atoms with Crippen molar-refractivity contribution in [2.75, 3.05) is 18.4 Å². The molecule has 1 aliphatic heterocycles. The summed E-state index contributed by atoms with van der Waals surface area (Å²) >= 11 is 6.51. The SMILES string of the molecule is CC(C)(C)CC(=O)CCc1ccc(CNc2c(Cl)ccc3c2CCNCC3)cc1. The van der Waals surface area contributed by atoms with Crippen LogP contribution in [0.5, 0.6) is 0 Å². The number of hydrogen-bond donors (Lipinski definition) is 2. The Balaban J connectivity index is 1.58. The molecule has 1 heterocycles. The minimum Gasteiger partial charge on any atom is -0.380 e. The summed E-state index contributed by atoms with van der Waals surface area (Å²) in [7, 11) is 0. The highest BCUT2D eigenvalue weighted by Gasteiger charge is 2.16. The van der Waals surface area contributed by atoms with Gasteiger partial charge in [-0.3, -0.25) is 4.79 Å². The van der Waals surface area contributed by atoms with Gasteiger partial charge in [-0.2, -0.15) is 0 Å². The average molecular weight is 413 g/mol. The van der Waals surface area contributed by atoms with Crippen LogP contribution in [0, 0.1) is 5.41 Å². The molecule has 156 valence electrons. The summed E-state index contributed by atoms with van der Waals surface area (Å²) in [5.74, 6) is 0.345. The molecule has 2 aromatic carbocycles. The van der Waals surface area contributed by atoms with Gasteiger partial charge in [0, 0.05) is 19.4 Å². The van der Waals surface area contributed by atoms with E-state index in [2.05, 4.69) is 61.7 Å². The van der Waals surface area contributed by atoms with Crippen LogP contribution in [0.15, 0.2) is 36.4 Å². The first-order chi connectivity index (χ1) is 13.8. The summed E-state index contributed by atoms with van der Waals surface area (Å²) in [5.41, 5.74) is 6.31. The van der Waals surface area contributed by atoms with Crippen molar-refractivity contribution < 1.29 is 4.79 Å². The normalized spacial score (nSPS) is 14.2. The number of ketones is 1. The van der Waals surface area contributed by atoms with Gasteiger partial charge in [0.2, 0.25) is 0 Å². The lowest BCUT2D eigenvalue weighted by molar-refractivity contribution is -0.120. The lowest BCUT2D eigenvalue weighted by atomic mass is 9.88. The minimum absolute atomic E-state index is 0.0690. The Bertz CT molecular complexity index is 837. The van der Waals surface area contributed by atoms with Crippen molar-refractivity contribution in [1.29, 1.82) is 0 Å². The van der Waals surface area contributed by atoms with E-state index in [9.17, 15) is 4.79 Å². The smallest absolute Gasteiger partial charge is 0.133 e. The number of fused-ring (bicyclic) bond motifs is 1. The van der Waals surface area contributed by atoms with Crippen molar-refractivity contribution in [2.45, 2.75) is 59.4 Å². The molecule has 0 aromatic heterocycles. The molecule has 2 aromatic rings. The zero-order valence-electron chi connectivity index (χ0n) is 17.9. The van der Waals surface area contributed by atoms with Crippen LogP contribution in [0.2, 0.25) is 5.02 Å². The maximum atomic E-state index is 12.1. The molecule has 0 saturated carbocycles. The quantitative estimate of drug-likeness (QED) is 0.623. The van der Waals surface area contributed by atoms with Gasteiger partial charge in [0.15, 0.2) is 0 Å². The molecule has 0 atom stereocenters. The van der Waals surface area contributed by atoms with E-state index in [1.165, 1.54) is 22.3 Å². The second kappa shape index (κ2) is 9.77. The van der Waals surface area contributed by atoms with Crippen LogP contribution in [0.4, 0.5) is 5.69 Å². The van der Waals surface area contributed by atoms with Crippen molar-refractivity contribution in [2.24, 2.45) is 5.41 Å². The van der Waals surface area contributed by atoms with Crippen LogP contribution in [-0.4, -0.2) is 18.9 Å². The standard InChI is InChI=1S/C25H33ClN2O/c1-25(2,3)16-21(29)10-8-18-4-6-19(7-5-18)17-28-24-22-13-15-27-14-12-20(22)9-11-23(24)26/h4-7,9,11,27-28H,8,10,12-17H2,1-3H3. The fourth-order valence-corrected chi connectivity index (χ4v) is 4.16. The molecule has 0 bridgehead atoms. The molecule has 0 fully saturated rings. The number of aryl methyl sites for hydroxylation is 1. The van der Waals surface area contributed by atoms with Gasteiger partial charge in [0.25, 0.3) is 0 Å². The first-order valence-electron chi connectivity index (χ1n) is 10.7. The number of anilines is 1. The molecule has 1 aliphatic rings. The molecule has 3 rings (SSSR count). The second-order valence-electron chi connectivity index (χ2n) is 9.26. The van der Waals surface area contributed by atoms with Gasteiger partial charge in [-0.05, 0) is 66.1 Å². The van der Waals surface area contributed by atoms with E-state index in [4.69, 9.17) is 11.6 Å². The van der Waals surface area contributed by atoms with E-state index in [1.54, 1.807) is 0 Å². The van der Waals surface area contributed by atoms with Crippen molar-refractivity contribution in [3.8, 4) is 0 Å². The van der Waals surface area contributed by atoms with Gasteiger partial charge >= 0.3 is 0 Å². The van der Waals surface area contributed by atoms with Gasteiger partial charge in [-0.15, -0.1) is 0 Å². The summed E-state index contributed by atoms with van der Waals surface area (Å²) in [5, 5.41) is 7.82. The van der Waals surface area contributed by atoms with E-state index >= 15 is 0 Å². The minimum atomic E-state index is 0.0690. The van der Waals surface area contributed by atoms with E-state index in [0.29, 0.717) is 18.6 Å². The Morgan fingerprint density at radius 3 is 2.45 bits per heavy atom. The zero-order valence-corrected chi connectivity index (χ0v) is 18.7. The van der Waals surface area contributed by atoms with Gasteiger partial charge in [-0.1, -0.05) is 62.7 Å². The fraction of sp³-hybridized carbons (Fsp3) is 0.480. The molecule has 0 spiro atoms. The fourth-order valence-electron chi connectivity index (χ4n) is 3.91. The maximum Gasteiger partial charge on any atom is 0.133 e. The lowest BCUT2D eigenvalue weighted by Crippen LogP contribution is -2.16. The summed E-state index contributed by atoms with van der Waals surface area (Å²) in [6.07, 6.45) is 4.12. The summed E-state index contributed by atoms with van der Waals surface area (Å²) < 4.78 is 0. The van der Waals surface area contributed by atoms with Crippen LogP contribution < -0.4 is 10.6 Å². The molecular weight excluding hydrogens is 380 g/mol. The number of Topliss-reactive ketones (excluding diaryl/α,β-unsaturated/α-hetero) is 1. The summed E-state index contributed by atoms with van der Waals surface area (Å²) in [4.78, 5) is 12.1. The third-order valence-corrected chi connectivity index (χ3v) is 5.71. The molecule has 2 N–H and O–H groups in total. The van der Waals surface area contributed by atoms with Crippen molar-refractivity contribution in [3.63, 3.8) is 0 Å². The Morgan fingerprint density at radius 1 is 1.03 bits per heavy atom. The number of carbonyl (C=O) groups excluding carboxylic acids is 1. The summed E-state index contributed by atoms with van der Waals surface area (Å²) in [6.45, 7) is 9.09. The number of nitrogens with one attached hydrogen (secondary N) is 2. The number of carbonyl (C=O) groups is 1. The lowest BCUT2D eigenvalue weighted by Gasteiger charge is -2.17. The van der Waals surface area contributed by atoms with Gasteiger partial charge in [-0.25, -0.2) is 0 Å². The molecule has 4 heteroatoms. The largest absolute Gasteiger partial charge is 0.380 e. The second-order valence-corrected chi connectivity index (χ2v) is 9.66. The number of halogens is 1. The Morgan fingerprint density at radius 2 is 1.72 bits per heavy atom. The van der Waals surface area contributed by atoms with Crippen molar-refractivity contribution >= 4 is 23.1 Å². The van der Waals surface area contributed by atoms with E-state index in [1.807, 2.05) is 6.07 Å². The monoisotopic (exact) mass is 412 g/mol. The Labute approximate surface area is 180 Å². The van der Waals surface area contributed by atoms with Gasteiger partial charge in [0.05, 0.1) is 10.7 Å². The molecule has 0 saturated heterocycles. The van der Waals surface area contributed by atoms with E-state index < -0.39 is 0 Å². The molecule has 0 radical (unpaired) electrons. The highest BCUT2D eigenvalue weighted by atomic mass is 35.5. The molecule has 3 nitrogen and oxygen atoms in total. The molecule has 0 unspecified atom stereocenters. The van der Waals surface area contributed by atoms with Crippen molar-refractivity contribution in [3.05, 3.63) is 63.7 Å². The summed E-state index contributed by atoms with van der Waals surface area (Å²) in [6, 6.07) is 12.7.